The van der Waals surface area contributed by atoms with Crippen LogP contribution in [-0.2, 0) is 6.42 Å². The highest BCUT2D eigenvalue weighted by molar-refractivity contribution is 5.37. The molecule has 0 spiro atoms. The molecule has 3 heteroatoms. The number of benzene rings is 2. The molecule has 2 aromatic carbocycles. The van der Waals surface area contributed by atoms with Crippen LogP contribution in [0, 0.1) is 12.7 Å². The van der Waals surface area contributed by atoms with Crippen LogP contribution in [0.25, 0.3) is 0 Å². The maximum Gasteiger partial charge on any atom is 0.123 e. The summed E-state index contributed by atoms with van der Waals surface area (Å²) in [5, 5.41) is 10.2. The van der Waals surface area contributed by atoms with Crippen molar-refractivity contribution in [3.8, 4) is 5.75 Å². The van der Waals surface area contributed by atoms with Gasteiger partial charge in [0.15, 0.2) is 0 Å². The van der Waals surface area contributed by atoms with E-state index in [-0.39, 0.29) is 5.82 Å². The Morgan fingerprint density at radius 1 is 1.16 bits per heavy atom. The first kappa shape index (κ1) is 13.6. The second-order valence-corrected chi connectivity index (χ2v) is 4.58. The van der Waals surface area contributed by atoms with Gasteiger partial charge in [-0.05, 0) is 47.9 Å². The topological polar surface area (TPSA) is 29.5 Å². The van der Waals surface area contributed by atoms with Gasteiger partial charge in [0, 0.05) is 6.42 Å². The highest BCUT2D eigenvalue weighted by atomic mass is 19.1. The normalized spacial score (nSPS) is 12.2. The van der Waals surface area contributed by atoms with E-state index < -0.39 is 6.10 Å². The van der Waals surface area contributed by atoms with Crippen molar-refractivity contribution in [2.45, 2.75) is 19.4 Å². The Bertz CT molecular complexity index is 549. The minimum absolute atomic E-state index is 0.265. The molecule has 2 rings (SSSR count). The zero-order valence-electron chi connectivity index (χ0n) is 11.1. The van der Waals surface area contributed by atoms with E-state index in [0.29, 0.717) is 6.42 Å². The maximum atomic E-state index is 12.8. The molecule has 0 saturated carbocycles. The minimum Gasteiger partial charge on any atom is -0.496 e. The van der Waals surface area contributed by atoms with Gasteiger partial charge < -0.3 is 9.84 Å². The average molecular weight is 260 g/mol. The fourth-order valence-corrected chi connectivity index (χ4v) is 2.07. The Balaban J connectivity index is 2.13. The van der Waals surface area contributed by atoms with Crippen LogP contribution in [0.15, 0.2) is 42.5 Å². The third-order valence-electron chi connectivity index (χ3n) is 3.15. The van der Waals surface area contributed by atoms with E-state index in [4.69, 9.17) is 4.74 Å². The zero-order chi connectivity index (χ0) is 13.8. The minimum atomic E-state index is -0.602. The summed E-state index contributed by atoms with van der Waals surface area (Å²) in [5.74, 6) is 0.538. The summed E-state index contributed by atoms with van der Waals surface area (Å²) in [7, 11) is 1.62. The SMILES string of the molecule is COc1ccc(C(O)Cc2ccc(F)cc2)cc1C. The summed E-state index contributed by atoms with van der Waals surface area (Å²) in [4.78, 5) is 0. The fourth-order valence-electron chi connectivity index (χ4n) is 2.07. The van der Waals surface area contributed by atoms with Gasteiger partial charge in [0.25, 0.3) is 0 Å². The van der Waals surface area contributed by atoms with Crippen LogP contribution < -0.4 is 4.74 Å². The number of hydrogen-bond acceptors (Lipinski definition) is 2. The van der Waals surface area contributed by atoms with Gasteiger partial charge in [-0.15, -0.1) is 0 Å². The van der Waals surface area contributed by atoms with Crippen molar-refractivity contribution in [3.05, 3.63) is 65.0 Å². The largest absolute Gasteiger partial charge is 0.496 e. The van der Waals surface area contributed by atoms with Crippen molar-refractivity contribution in [1.29, 1.82) is 0 Å². The van der Waals surface area contributed by atoms with Crippen molar-refractivity contribution in [1.82, 2.24) is 0 Å². The molecule has 0 aromatic heterocycles. The van der Waals surface area contributed by atoms with E-state index in [1.165, 1.54) is 12.1 Å². The molecule has 0 fully saturated rings. The van der Waals surface area contributed by atoms with Crippen molar-refractivity contribution in [3.63, 3.8) is 0 Å². The van der Waals surface area contributed by atoms with E-state index in [1.54, 1.807) is 19.2 Å². The molecule has 0 aliphatic carbocycles. The lowest BCUT2D eigenvalue weighted by molar-refractivity contribution is 0.178. The quantitative estimate of drug-likeness (QED) is 0.912. The van der Waals surface area contributed by atoms with Crippen molar-refractivity contribution >= 4 is 0 Å². The maximum absolute atomic E-state index is 12.8. The molecule has 2 aromatic rings. The van der Waals surface area contributed by atoms with Crippen molar-refractivity contribution < 1.29 is 14.2 Å². The third-order valence-corrected chi connectivity index (χ3v) is 3.15. The third kappa shape index (κ3) is 3.32. The van der Waals surface area contributed by atoms with Gasteiger partial charge in [-0.25, -0.2) is 4.39 Å². The van der Waals surface area contributed by atoms with E-state index >= 15 is 0 Å². The van der Waals surface area contributed by atoms with Crippen LogP contribution in [-0.4, -0.2) is 12.2 Å². The second kappa shape index (κ2) is 5.85. The average Bonchev–Trinajstić information content (AvgIpc) is 2.41. The molecule has 0 aliphatic rings. The molecule has 0 heterocycles. The van der Waals surface area contributed by atoms with Gasteiger partial charge >= 0.3 is 0 Å². The van der Waals surface area contributed by atoms with Gasteiger partial charge in [-0.3, -0.25) is 0 Å². The first-order chi connectivity index (χ1) is 9.10. The smallest absolute Gasteiger partial charge is 0.123 e. The predicted molar refractivity (Wildman–Crippen MR) is 72.8 cm³/mol. The van der Waals surface area contributed by atoms with Crippen LogP contribution in [0.2, 0.25) is 0 Å². The number of hydrogen-bond donors (Lipinski definition) is 1. The molecular weight excluding hydrogens is 243 g/mol. The molecule has 0 amide bonds. The van der Waals surface area contributed by atoms with Crippen molar-refractivity contribution in [2.24, 2.45) is 0 Å². The Labute approximate surface area is 112 Å². The molecule has 1 atom stereocenters. The van der Waals surface area contributed by atoms with Crippen LogP contribution in [0.3, 0.4) is 0 Å². The Hall–Kier alpha value is -1.87. The highest BCUT2D eigenvalue weighted by Crippen LogP contribution is 2.24. The summed E-state index contributed by atoms with van der Waals surface area (Å²) in [6, 6.07) is 11.8. The lowest BCUT2D eigenvalue weighted by Crippen LogP contribution is -2.02. The fraction of sp³-hybridized carbons (Fsp3) is 0.250. The van der Waals surface area contributed by atoms with Gasteiger partial charge in [0.05, 0.1) is 13.2 Å². The van der Waals surface area contributed by atoms with E-state index in [0.717, 1.165) is 22.4 Å². The molecule has 100 valence electrons. The number of rotatable bonds is 4. The number of halogens is 1. The molecule has 1 N–H and O–H groups in total. The molecule has 0 bridgehead atoms. The summed E-state index contributed by atoms with van der Waals surface area (Å²) in [6.45, 7) is 1.94. The van der Waals surface area contributed by atoms with Gasteiger partial charge in [-0.1, -0.05) is 18.2 Å². The zero-order valence-corrected chi connectivity index (χ0v) is 11.1. The lowest BCUT2D eigenvalue weighted by Gasteiger charge is -2.13. The van der Waals surface area contributed by atoms with Crippen LogP contribution in [0.5, 0.6) is 5.75 Å². The van der Waals surface area contributed by atoms with Gasteiger partial charge in [0.2, 0.25) is 0 Å². The Morgan fingerprint density at radius 2 is 1.84 bits per heavy atom. The molecule has 0 radical (unpaired) electrons. The van der Waals surface area contributed by atoms with Crippen LogP contribution in [0.4, 0.5) is 4.39 Å². The number of aliphatic hydroxyl groups excluding tert-OH is 1. The Morgan fingerprint density at radius 3 is 2.42 bits per heavy atom. The van der Waals surface area contributed by atoms with E-state index in [9.17, 15) is 9.50 Å². The second-order valence-electron chi connectivity index (χ2n) is 4.58. The first-order valence-electron chi connectivity index (χ1n) is 6.17. The molecule has 19 heavy (non-hydrogen) atoms. The lowest BCUT2D eigenvalue weighted by atomic mass is 9.99. The summed E-state index contributed by atoms with van der Waals surface area (Å²) < 4.78 is 18.0. The highest BCUT2D eigenvalue weighted by Gasteiger charge is 2.10. The summed E-state index contributed by atoms with van der Waals surface area (Å²) >= 11 is 0. The number of ether oxygens (including phenoxy) is 1. The number of aryl methyl sites for hydroxylation is 1. The predicted octanol–water partition coefficient (Wildman–Crippen LogP) is 3.42. The number of aliphatic hydroxyl groups is 1. The van der Waals surface area contributed by atoms with Crippen LogP contribution in [0.1, 0.15) is 22.8 Å². The molecule has 0 saturated heterocycles. The molecular formula is C16H17FO2. The molecule has 1 unspecified atom stereocenters. The Kier molecular flexibility index (Phi) is 4.17. The molecule has 2 nitrogen and oxygen atoms in total. The monoisotopic (exact) mass is 260 g/mol. The molecule has 0 aliphatic heterocycles. The number of methoxy groups -OCH3 is 1. The standard InChI is InChI=1S/C16H17FO2/c1-11-9-13(5-8-16(11)19-2)15(18)10-12-3-6-14(17)7-4-12/h3-9,15,18H,10H2,1-2H3. The van der Waals surface area contributed by atoms with Crippen LogP contribution >= 0.6 is 0 Å². The first-order valence-corrected chi connectivity index (χ1v) is 6.17. The van der Waals surface area contributed by atoms with Gasteiger partial charge in [0.1, 0.15) is 11.6 Å². The van der Waals surface area contributed by atoms with Crippen molar-refractivity contribution in [2.75, 3.05) is 7.11 Å². The summed E-state index contributed by atoms with van der Waals surface area (Å²) in [6.07, 6.45) is -0.137. The van der Waals surface area contributed by atoms with Gasteiger partial charge in [-0.2, -0.15) is 0 Å². The summed E-state index contributed by atoms with van der Waals surface area (Å²) in [5.41, 5.74) is 2.73. The van der Waals surface area contributed by atoms with E-state index in [2.05, 4.69) is 0 Å². The van der Waals surface area contributed by atoms with E-state index in [1.807, 2.05) is 25.1 Å².